The van der Waals surface area contributed by atoms with Crippen molar-refractivity contribution in [2.24, 2.45) is 10.8 Å². The molecule has 37 heavy (non-hydrogen) atoms. The third kappa shape index (κ3) is 14.7. The molecule has 0 heterocycles. The molecule has 1 aliphatic carbocycles. The van der Waals surface area contributed by atoms with E-state index in [4.69, 9.17) is 0 Å². The molecule has 0 unspecified atom stereocenters. The van der Waals surface area contributed by atoms with Crippen molar-refractivity contribution >= 4 is 0 Å². The van der Waals surface area contributed by atoms with Crippen LogP contribution >= 0.6 is 0 Å². The molecular formula is C33H66O4. The molecule has 0 radical (unpaired) electrons. The van der Waals surface area contributed by atoms with Gasteiger partial charge >= 0.3 is 0 Å². The second-order valence-electron chi connectivity index (χ2n) is 12.4. The van der Waals surface area contributed by atoms with E-state index >= 15 is 0 Å². The predicted octanol–water partition coefficient (Wildman–Crippen LogP) is 8.47. The summed E-state index contributed by atoms with van der Waals surface area (Å²) in [5.41, 5.74) is -0.428. The minimum Gasteiger partial charge on any atom is -0.396 e. The van der Waals surface area contributed by atoms with Gasteiger partial charge in [0.1, 0.15) is 0 Å². The van der Waals surface area contributed by atoms with Crippen LogP contribution in [-0.2, 0) is 0 Å². The van der Waals surface area contributed by atoms with Gasteiger partial charge in [-0.15, -0.1) is 0 Å². The number of rotatable bonds is 8. The largest absolute Gasteiger partial charge is 0.396 e. The van der Waals surface area contributed by atoms with Crippen molar-refractivity contribution in [3.8, 4) is 0 Å². The van der Waals surface area contributed by atoms with Gasteiger partial charge in [-0.2, -0.15) is 0 Å². The Balaban J connectivity index is 2.83. The molecule has 1 rings (SSSR count). The zero-order valence-corrected chi connectivity index (χ0v) is 24.7. The highest BCUT2D eigenvalue weighted by atomic mass is 16.3. The molecule has 0 aliphatic heterocycles. The molecule has 4 heteroatoms. The van der Waals surface area contributed by atoms with E-state index in [2.05, 4.69) is 0 Å². The summed E-state index contributed by atoms with van der Waals surface area (Å²) in [5.74, 6) is 0. The number of aliphatic hydroxyl groups excluding tert-OH is 4. The first kappa shape index (κ1) is 34.9. The Bertz CT molecular complexity index is 427. The molecule has 222 valence electrons. The first-order valence-electron chi connectivity index (χ1n) is 16.6. The molecule has 1 aliphatic rings. The maximum absolute atomic E-state index is 10.1. The highest BCUT2D eigenvalue weighted by molar-refractivity contribution is 4.98. The van der Waals surface area contributed by atoms with Crippen molar-refractivity contribution in [1.29, 1.82) is 0 Å². The van der Waals surface area contributed by atoms with E-state index in [0.29, 0.717) is 25.7 Å². The fourth-order valence-electron chi connectivity index (χ4n) is 7.48. The van der Waals surface area contributed by atoms with Crippen LogP contribution in [0, 0.1) is 10.8 Å². The lowest BCUT2D eigenvalue weighted by Crippen LogP contribution is -2.45. The van der Waals surface area contributed by atoms with Gasteiger partial charge in [-0.3, -0.25) is 0 Å². The minimum absolute atomic E-state index is 0.110. The van der Waals surface area contributed by atoms with Crippen molar-refractivity contribution < 1.29 is 20.4 Å². The second kappa shape index (κ2) is 23.7. The fraction of sp³-hybridized carbons (Fsp3) is 1.00. The van der Waals surface area contributed by atoms with Crippen LogP contribution in [0.5, 0.6) is 0 Å². The average Bonchev–Trinajstić information content (AvgIpc) is 2.89. The van der Waals surface area contributed by atoms with Crippen LogP contribution in [0.4, 0.5) is 0 Å². The quantitative estimate of drug-likeness (QED) is 0.256. The lowest BCUT2D eigenvalue weighted by Gasteiger charge is -2.52. The van der Waals surface area contributed by atoms with Crippen LogP contribution in [-0.4, -0.2) is 46.9 Å². The van der Waals surface area contributed by atoms with Crippen LogP contribution in [0.3, 0.4) is 0 Å². The van der Waals surface area contributed by atoms with Crippen molar-refractivity contribution in [2.45, 2.75) is 173 Å². The third-order valence-electron chi connectivity index (χ3n) is 9.80. The smallest absolute Gasteiger partial charge is 0.0436 e. The van der Waals surface area contributed by atoms with Crippen LogP contribution in [0.25, 0.3) is 0 Å². The summed E-state index contributed by atoms with van der Waals surface area (Å²) in [6.45, 7) is 0.439. The fourth-order valence-corrected chi connectivity index (χ4v) is 7.48. The summed E-state index contributed by atoms with van der Waals surface area (Å²) in [7, 11) is 0. The standard InChI is InChI=1S/C33H66O4/c34-28-24-32(25-29-35)22-20-18-16-14-12-10-8-6-4-2-1-3-5-7-9-11-13-15-17-19-21-23-33(32,26-30-36)27-31-37/h34-37H,1-31H2. The van der Waals surface area contributed by atoms with Crippen molar-refractivity contribution in [2.75, 3.05) is 26.4 Å². The highest BCUT2D eigenvalue weighted by Gasteiger charge is 2.48. The predicted molar refractivity (Wildman–Crippen MR) is 158 cm³/mol. The van der Waals surface area contributed by atoms with Gasteiger partial charge in [0.2, 0.25) is 0 Å². The molecule has 1 fully saturated rings. The van der Waals surface area contributed by atoms with E-state index < -0.39 is 0 Å². The molecule has 0 amide bonds. The second-order valence-corrected chi connectivity index (χ2v) is 12.4. The topological polar surface area (TPSA) is 80.9 Å². The highest BCUT2D eigenvalue weighted by Crippen LogP contribution is 2.56. The van der Waals surface area contributed by atoms with Crippen LogP contribution < -0.4 is 0 Å². The Morgan fingerprint density at radius 2 is 0.432 bits per heavy atom. The van der Waals surface area contributed by atoms with E-state index in [9.17, 15) is 20.4 Å². The van der Waals surface area contributed by atoms with Gasteiger partial charge in [0.05, 0.1) is 0 Å². The van der Waals surface area contributed by atoms with E-state index in [1.165, 1.54) is 122 Å². The van der Waals surface area contributed by atoms with Crippen LogP contribution in [0.2, 0.25) is 0 Å². The maximum Gasteiger partial charge on any atom is 0.0436 e. The molecule has 0 atom stereocenters. The molecular weight excluding hydrogens is 460 g/mol. The maximum atomic E-state index is 10.1. The lowest BCUT2D eigenvalue weighted by atomic mass is 9.53. The lowest BCUT2D eigenvalue weighted by molar-refractivity contribution is -0.0601. The molecule has 0 bridgehead atoms. The van der Waals surface area contributed by atoms with E-state index in [1.807, 2.05) is 0 Å². The summed E-state index contributed by atoms with van der Waals surface area (Å²) in [6.07, 6.45) is 32.5. The average molecular weight is 527 g/mol. The number of hydrogen-bond donors (Lipinski definition) is 4. The first-order valence-corrected chi connectivity index (χ1v) is 16.6. The SMILES string of the molecule is OCCC1(CCO)CCCCCCCCCCCCCCCCCCCCCCCC1(CCO)CCO. The minimum atomic E-state index is -0.214. The Kier molecular flexibility index (Phi) is 22.3. The van der Waals surface area contributed by atoms with Crippen LogP contribution in [0.15, 0.2) is 0 Å². The Hall–Kier alpha value is -0.160. The Morgan fingerprint density at radius 3 is 0.595 bits per heavy atom. The van der Waals surface area contributed by atoms with Gasteiger partial charge in [-0.05, 0) is 49.4 Å². The molecule has 0 aromatic heterocycles. The third-order valence-corrected chi connectivity index (χ3v) is 9.80. The Labute approximate surface area is 231 Å². The Morgan fingerprint density at radius 1 is 0.270 bits per heavy atom. The normalized spacial score (nSPS) is 23.0. The molecule has 4 N–H and O–H groups in total. The summed E-state index contributed by atoms with van der Waals surface area (Å²) in [6, 6.07) is 0. The summed E-state index contributed by atoms with van der Waals surface area (Å²) < 4.78 is 0. The molecule has 0 aromatic carbocycles. The monoisotopic (exact) mass is 526 g/mol. The molecule has 0 spiro atoms. The van der Waals surface area contributed by atoms with Gasteiger partial charge in [0.25, 0.3) is 0 Å². The molecule has 0 aromatic rings. The molecule has 4 nitrogen and oxygen atoms in total. The van der Waals surface area contributed by atoms with Gasteiger partial charge in [-0.1, -0.05) is 135 Å². The van der Waals surface area contributed by atoms with Gasteiger partial charge in [0, 0.05) is 26.4 Å². The zero-order valence-electron chi connectivity index (χ0n) is 24.7. The van der Waals surface area contributed by atoms with E-state index in [1.54, 1.807) is 0 Å². The van der Waals surface area contributed by atoms with E-state index in [-0.39, 0.29) is 37.3 Å². The number of hydrogen-bond acceptors (Lipinski definition) is 4. The zero-order chi connectivity index (χ0) is 26.9. The summed E-state index contributed by atoms with van der Waals surface area (Å²) >= 11 is 0. The first-order chi connectivity index (χ1) is 18.2. The van der Waals surface area contributed by atoms with Crippen LogP contribution in [0.1, 0.15) is 173 Å². The van der Waals surface area contributed by atoms with Gasteiger partial charge in [-0.25, -0.2) is 0 Å². The number of aliphatic hydroxyl groups is 4. The van der Waals surface area contributed by atoms with Gasteiger partial charge in [0.15, 0.2) is 0 Å². The van der Waals surface area contributed by atoms with Gasteiger partial charge < -0.3 is 20.4 Å². The van der Waals surface area contributed by atoms with Crippen molar-refractivity contribution in [1.82, 2.24) is 0 Å². The molecule has 1 saturated carbocycles. The van der Waals surface area contributed by atoms with Crippen molar-refractivity contribution in [3.05, 3.63) is 0 Å². The van der Waals surface area contributed by atoms with Crippen molar-refractivity contribution in [3.63, 3.8) is 0 Å². The summed E-state index contributed by atoms with van der Waals surface area (Å²) in [4.78, 5) is 0. The molecule has 0 saturated heterocycles. The van der Waals surface area contributed by atoms with E-state index in [0.717, 1.165) is 25.7 Å². The summed E-state index contributed by atoms with van der Waals surface area (Å²) in [5, 5.41) is 40.5.